The lowest BCUT2D eigenvalue weighted by molar-refractivity contribution is 0.237. The van der Waals surface area contributed by atoms with Gasteiger partial charge in [-0.15, -0.1) is 0 Å². The lowest BCUT2D eigenvalue weighted by atomic mass is 10.1. The SMILES string of the molecule is CCCNCc1ccncc1OCC(CC)CC. The zero-order valence-electron chi connectivity index (χ0n) is 11.9. The van der Waals surface area contributed by atoms with Gasteiger partial charge in [0.2, 0.25) is 0 Å². The fourth-order valence-corrected chi connectivity index (χ4v) is 1.82. The summed E-state index contributed by atoms with van der Waals surface area (Å²) >= 11 is 0. The quantitative estimate of drug-likeness (QED) is 0.682. The molecule has 1 aromatic rings. The number of aromatic nitrogens is 1. The maximum atomic E-state index is 5.91. The Hall–Kier alpha value is -1.09. The van der Waals surface area contributed by atoms with Crippen LogP contribution in [0.15, 0.2) is 18.5 Å². The second kappa shape index (κ2) is 8.92. The van der Waals surface area contributed by atoms with Crippen molar-refractivity contribution >= 4 is 0 Å². The predicted octanol–water partition coefficient (Wildman–Crippen LogP) is 3.40. The topological polar surface area (TPSA) is 34.2 Å². The van der Waals surface area contributed by atoms with Crippen LogP contribution in [0.25, 0.3) is 0 Å². The van der Waals surface area contributed by atoms with E-state index < -0.39 is 0 Å². The first-order chi connectivity index (χ1) is 8.81. The van der Waals surface area contributed by atoms with Gasteiger partial charge in [0.1, 0.15) is 5.75 Å². The van der Waals surface area contributed by atoms with Gasteiger partial charge in [-0.1, -0.05) is 33.6 Å². The molecule has 1 heterocycles. The zero-order valence-corrected chi connectivity index (χ0v) is 11.9. The Labute approximate surface area is 111 Å². The lowest BCUT2D eigenvalue weighted by Crippen LogP contribution is -2.16. The minimum absolute atomic E-state index is 0.640. The Bertz CT molecular complexity index is 324. The van der Waals surface area contributed by atoms with Gasteiger partial charge in [0.25, 0.3) is 0 Å². The first-order valence-electron chi connectivity index (χ1n) is 7.08. The van der Waals surface area contributed by atoms with Gasteiger partial charge in [0.15, 0.2) is 0 Å². The molecule has 18 heavy (non-hydrogen) atoms. The molecule has 0 bridgehead atoms. The van der Waals surface area contributed by atoms with Gasteiger partial charge >= 0.3 is 0 Å². The average Bonchev–Trinajstić information content (AvgIpc) is 2.41. The standard InChI is InChI=1S/C15H26N2O/c1-4-8-16-10-14-7-9-17-11-15(14)18-12-13(5-2)6-3/h7,9,11,13,16H,4-6,8,10,12H2,1-3H3. The van der Waals surface area contributed by atoms with Gasteiger partial charge in [-0.25, -0.2) is 0 Å². The van der Waals surface area contributed by atoms with Crippen molar-refractivity contribution in [1.82, 2.24) is 10.3 Å². The zero-order chi connectivity index (χ0) is 13.2. The molecule has 3 nitrogen and oxygen atoms in total. The van der Waals surface area contributed by atoms with Gasteiger partial charge in [0, 0.05) is 18.3 Å². The van der Waals surface area contributed by atoms with E-state index in [1.54, 1.807) is 0 Å². The molecular weight excluding hydrogens is 224 g/mol. The summed E-state index contributed by atoms with van der Waals surface area (Å²) in [7, 11) is 0. The molecule has 0 aromatic carbocycles. The highest BCUT2D eigenvalue weighted by molar-refractivity contribution is 5.29. The van der Waals surface area contributed by atoms with E-state index in [0.29, 0.717) is 5.92 Å². The molecule has 0 fully saturated rings. The van der Waals surface area contributed by atoms with Gasteiger partial charge < -0.3 is 10.1 Å². The molecule has 102 valence electrons. The first-order valence-corrected chi connectivity index (χ1v) is 7.08. The highest BCUT2D eigenvalue weighted by Gasteiger charge is 2.07. The fourth-order valence-electron chi connectivity index (χ4n) is 1.82. The summed E-state index contributed by atoms with van der Waals surface area (Å²) in [4.78, 5) is 4.15. The van der Waals surface area contributed by atoms with Crippen LogP contribution >= 0.6 is 0 Å². The number of ether oxygens (including phenoxy) is 1. The van der Waals surface area contributed by atoms with E-state index in [2.05, 4.69) is 31.1 Å². The van der Waals surface area contributed by atoms with Crippen LogP contribution in [0.2, 0.25) is 0 Å². The summed E-state index contributed by atoms with van der Waals surface area (Å²) in [6.07, 6.45) is 7.13. The highest BCUT2D eigenvalue weighted by Crippen LogP contribution is 2.18. The molecule has 0 unspecified atom stereocenters. The number of hydrogen-bond acceptors (Lipinski definition) is 3. The van der Waals surface area contributed by atoms with Crippen molar-refractivity contribution in [3.05, 3.63) is 24.0 Å². The number of rotatable bonds is 9. The first kappa shape index (κ1) is 15.0. The summed E-state index contributed by atoms with van der Waals surface area (Å²) in [5, 5.41) is 3.40. The molecule has 1 N–H and O–H groups in total. The van der Waals surface area contributed by atoms with E-state index in [9.17, 15) is 0 Å². The molecule has 0 spiro atoms. The van der Waals surface area contributed by atoms with E-state index in [4.69, 9.17) is 4.74 Å². The molecule has 3 heteroatoms. The Morgan fingerprint density at radius 3 is 2.72 bits per heavy atom. The average molecular weight is 250 g/mol. The smallest absolute Gasteiger partial charge is 0.142 e. The van der Waals surface area contributed by atoms with Crippen LogP contribution in [-0.2, 0) is 6.54 Å². The van der Waals surface area contributed by atoms with Gasteiger partial charge in [-0.05, 0) is 24.9 Å². The summed E-state index contributed by atoms with van der Waals surface area (Å²) in [6.45, 7) is 9.28. The Morgan fingerprint density at radius 2 is 2.06 bits per heavy atom. The lowest BCUT2D eigenvalue weighted by Gasteiger charge is -2.16. The molecule has 0 saturated carbocycles. The number of nitrogens with one attached hydrogen (secondary N) is 1. The summed E-state index contributed by atoms with van der Waals surface area (Å²) in [5.41, 5.74) is 1.20. The number of pyridine rings is 1. The van der Waals surface area contributed by atoms with Crippen LogP contribution in [0, 0.1) is 5.92 Å². The van der Waals surface area contributed by atoms with E-state index in [-0.39, 0.29) is 0 Å². The monoisotopic (exact) mass is 250 g/mol. The summed E-state index contributed by atoms with van der Waals surface area (Å²) < 4.78 is 5.91. The third kappa shape index (κ3) is 5.05. The van der Waals surface area contributed by atoms with Crippen LogP contribution in [0.5, 0.6) is 5.75 Å². The van der Waals surface area contributed by atoms with Crippen molar-refractivity contribution < 1.29 is 4.74 Å². The van der Waals surface area contributed by atoms with Gasteiger partial charge in [0.05, 0.1) is 12.8 Å². The molecule has 0 amide bonds. The van der Waals surface area contributed by atoms with Crippen LogP contribution in [-0.4, -0.2) is 18.1 Å². The third-order valence-corrected chi connectivity index (χ3v) is 3.24. The summed E-state index contributed by atoms with van der Waals surface area (Å²) in [6, 6.07) is 2.03. The second-order valence-corrected chi connectivity index (χ2v) is 4.65. The molecule has 0 aliphatic rings. The maximum absolute atomic E-state index is 5.91. The normalized spacial score (nSPS) is 10.9. The molecular formula is C15H26N2O. The highest BCUT2D eigenvalue weighted by atomic mass is 16.5. The second-order valence-electron chi connectivity index (χ2n) is 4.65. The Balaban J connectivity index is 2.52. The van der Waals surface area contributed by atoms with Crippen LogP contribution in [0.4, 0.5) is 0 Å². The van der Waals surface area contributed by atoms with E-state index in [0.717, 1.165) is 31.9 Å². The van der Waals surface area contributed by atoms with Crippen LogP contribution in [0.1, 0.15) is 45.6 Å². The number of nitrogens with zero attached hydrogens (tertiary/aromatic N) is 1. The van der Waals surface area contributed by atoms with Crippen molar-refractivity contribution in [3.8, 4) is 5.75 Å². The minimum atomic E-state index is 0.640. The minimum Gasteiger partial charge on any atom is -0.491 e. The molecule has 1 aromatic heterocycles. The van der Waals surface area contributed by atoms with Crippen LogP contribution < -0.4 is 10.1 Å². The molecule has 0 saturated heterocycles. The maximum Gasteiger partial charge on any atom is 0.142 e. The molecule has 0 aliphatic heterocycles. The van der Waals surface area contributed by atoms with E-state index >= 15 is 0 Å². The molecule has 0 aliphatic carbocycles. The van der Waals surface area contributed by atoms with Crippen molar-refractivity contribution in [3.63, 3.8) is 0 Å². The molecule has 0 radical (unpaired) electrons. The summed E-state index contributed by atoms with van der Waals surface area (Å²) in [5.74, 6) is 1.56. The van der Waals surface area contributed by atoms with Gasteiger partial charge in [-0.3, -0.25) is 4.98 Å². The van der Waals surface area contributed by atoms with Crippen molar-refractivity contribution in [2.75, 3.05) is 13.2 Å². The van der Waals surface area contributed by atoms with Crippen molar-refractivity contribution in [2.45, 2.75) is 46.6 Å². The van der Waals surface area contributed by atoms with E-state index in [1.165, 1.54) is 18.4 Å². The van der Waals surface area contributed by atoms with Crippen molar-refractivity contribution in [1.29, 1.82) is 0 Å². The third-order valence-electron chi connectivity index (χ3n) is 3.24. The van der Waals surface area contributed by atoms with Crippen LogP contribution in [0.3, 0.4) is 0 Å². The van der Waals surface area contributed by atoms with E-state index in [1.807, 2.05) is 18.5 Å². The Morgan fingerprint density at radius 1 is 1.28 bits per heavy atom. The van der Waals surface area contributed by atoms with Gasteiger partial charge in [-0.2, -0.15) is 0 Å². The Kier molecular flexibility index (Phi) is 7.42. The van der Waals surface area contributed by atoms with Crippen molar-refractivity contribution in [2.24, 2.45) is 5.92 Å². The fraction of sp³-hybridized carbons (Fsp3) is 0.667. The predicted molar refractivity (Wildman–Crippen MR) is 75.8 cm³/mol. The number of hydrogen-bond donors (Lipinski definition) is 1. The molecule has 1 rings (SSSR count). The molecule has 0 atom stereocenters. The largest absolute Gasteiger partial charge is 0.491 e.